The number of benzene rings is 1. The second-order valence-electron chi connectivity index (χ2n) is 4.07. The lowest BCUT2D eigenvalue weighted by atomic mass is 10.2. The van der Waals surface area contributed by atoms with E-state index in [1.807, 2.05) is 6.07 Å². The molecular formula is C13H10N4O3S. The number of anilines is 1. The van der Waals surface area contributed by atoms with Gasteiger partial charge in [-0.05, 0) is 36.4 Å². The Bertz CT molecular complexity index is 806. The molecule has 0 bridgehead atoms. The van der Waals surface area contributed by atoms with Gasteiger partial charge in [0.05, 0.1) is 10.5 Å². The lowest BCUT2D eigenvalue weighted by Gasteiger charge is -2.05. The van der Waals surface area contributed by atoms with Crippen LogP contribution in [0.3, 0.4) is 0 Å². The van der Waals surface area contributed by atoms with Crippen molar-refractivity contribution in [1.82, 2.24) is 4.98 Å². The van der Waals surface area contributed by atoms with Gasteiger partial charge in [0.2, 0.25) is 10.0 Å². The lowest BCUT2D eigenvalue weighted by Crippen LogP contribution is -2.14. The van der Waals surface area contributed by atoms with Crippen molar-refractivity contribution >= 4 is 21.6 Å². The van der Waals surface area contributed by atoms with Gasteiger partial charge in [0.1, 0.15) is 11.8 Å². The number of carbonyl (C=O) groups is 1. The zero-order valence-corrected chi connectivity index (χ0v) is 11.5. The molecule has 7 nitrogen and oxygen atoms in total. The van der Waals surface area contributed by atoms with Crippen LogP contribution in [0.5, 0.6) is 0 Å². The van der Waals surface area contributed by atoms with Crippen molar-refractivity contribution in [3.63, 3.8) is 0 Å². The van der Waals surface area contributed by atoms with Gasteiger partial charge in [-0.15, -0.1) is 0 Å². The Hall–Kier alpha value is -2.76. The van der Waals surface area contributed by atoms with Crippen LogP contribution >= 0.6 is 0 Å². The number of rotatable bonds is 3. The monoisotopic (exact) mass is 302 g/mol. The van der Waals surface area contributed by atoms with Crippen molar-refractivity contribution in [2.75, 3.05) is 5.32 Å². The van der Waals surface area contributed by atoms with E-state index in [-0.39, 0.29) is 16.2 Å². The highest BCUT2D eigenvalue weighted by atomic mass is 32.2. The molecule has 2 aromatic rings. The molecule has 0 atom stereocenters. The van der Waals surface area contributed by atoms with Crippen molar-refractivity contribution in [2.24, 2.45) is 5.14 Å². The summed E-state index contributed by atoms with van der Waals surface area (Å²) in [6.45, 7) is 0. The van der Waals surface area contributed by atoms with Crippen molar-refractivity contribution in [3.05, 3.63) is 53.9 Å². The van der Waals surface area contributed by atoms with Gasteiger partial charge < -0.3 is 5.32 Å². The van der Waals surface area contributed by atoms with Crippen LogP contribution < -0.4 is 10.5 Å². The second kappa shape index (κ2) is 5.70. The third-order valence-electron chi connectivity index (χ3n) is 2.58. The predicted octanol–water partition coefficient (Wildman–Crippen LogP) is 0.853. The number of carbonyl (C=O) groups excluding carboxylic acids is 1. The quantitative estimate of drug-likeness (QED) is 0.869. The number of hydrogen-bond acceptors (Lipinski definition) is 5. The van der Waals surface area contributed by atoms with Gasteiger partial charge in [0.15, 0.2) is 0 Å². The molecule has 0 fully saturated rings. The van der Waals surface area contributed by atoms with E-state index in [4.69, 9.17) is 10.4 Å². The fourth-order valence-corrected chi connectivity index (χ4v) is 2.04. The zero-order valence-electron chi connectivity index (χ0n) is 10.6. The SMILES string of the molecule is N#Cc1ccc(C(=O)Nc2ccc(S(N)(=O)=O)cc2)cn1. The molecule has 1 heterocycles. The average molecular weight is 302 g/mol. The average Bonchev–Trinajstić information content (AvgIpc) is 2.47. The second-order valence-corrected chi connectivity index (χ2v) is 5.63. The summed E-state index contributed by atoms with van der Waals surface area (Å²) in [6, 6.07) is 10.2. The molecule has 106 valence electrons. The summed E-state index contributed by atoms with van der Waals surface area (Å²) in [7, 11) is -3.76. The number of nitrogens with two attached hydrogens (primary N) is 1. The molecule has 0 aliphatic heterocycles. The third kappa shape index (κ3) is 3.62. The topological polar surface area (TPSA) is 126 Å². The number of amides is 1. The molecule has 0 saturated heterocycles. The molecule has 21 heavy (non-hydrogen) atoms. The molecule has 1 amide bonds. The van der Waals surface area contributed by atoms with Gasteiger partial charge in [-0.2, -0.15) is 5.26 Å². The molecular weight excluding hydrogens is 292 g/mol. The Balaban J connectivity index is 2.14. The molecule has 0 spiro atoms. The fraction of sp³-hybridized carbons (Fsp3) is 0. The first kappa shape index (κ1) is 14.6. The maximum atomic E-state index is 11.9. The molecule has 3 N–H and O–H groups in total. The summed E-state index contributed by atoms with van der Waals surface area (Å²) in [5.74, 6) is -0.421. The van der Waals surface area contributed by atoms with Gasteiger partial charge in [-0.3, -0.25) is 4.79 Å². The highest BCUT2D eigenvalue weighted by molar-refractivity contribution is 7.89. The molecule has 1 aromatic carbocycles. The van der Waals surface area contributed by atoms with Crippen molar-refractivity contribution in [1.29, 1.82) is 5.26 Å². The van der Waals surface area contributed by atoms with Crippen LogP contribution in [-0.2, 0) is 10.0 Å². The summed E-state index contributed by atoms with van der Waals surface area (Å²) < 4.78 is 22.2. The third-order valence-corrected chi connectivity index (χ3v) is 3.51. The maximum absolute atomic E-state index is 11.9. The van der Waals surface area contributed by atoms with Crippen LogP contribution in [0.1, 0.15) is 16.1 Å². The minimum absolute atomic E-state index is 0.0412. The van der Waals surface area contributed by atoms with E-state index >= 15 is 0 Å². The van der Waals surface area contributed by atoms with E-state index in [1.54, 1.807) is 0 Å². The molecule has 1 aromatic heterocycles. The molecule has 0 unspecified atom stereocenters. The minimum Gasteiger partial charge on any atom is -0.322 e. The van der Waals surface area contributed by atoms with E-state index in [0.29, 0.717) is 5.69 Å². The summed E-state index contributed by atoms with van der Waals surface area (Å²) in [6.07, 6.45) is 1.28. The first-order valence-electron chi connectivity index (χ1n) is 5.70. The lowest BCUT2D eigenvalue weighted by molar-refractivity contribution is 0.102. The summed E-state index contributed by atoms with van der Waals surface area (Å²) in [5, 5.41) is 16.2. The first-order valence-corrected chi connectivity index (χ1v) is 7.25. The normalized spacial score (nSPS) is 10.7. The van der Waals surface area contributed by atoms with E-state index in [9.17, 15) is 13.2 Å². The number of nitriles is 1. The van der Waals surface area contributed by atoms with Crippen LogP contribution in [0.4, 0.5) is 5.69 Å². The number of nitrogens with one attached hydrogen (secondary N) is 1. The highest BCUT2D eigenvalue weighted by Crippen LogP contribution is 2.13. The van der Waals surface area contributed by atoms with Gasteiger partial charge in [-0.25, -0.2) is 18.5 Å². The Kier molecular flexibility index (Phi) is 3.98. The number of sulfonamides is 1. The maximum Gasteiger partial charge on any atom is 0.257 e. The number of aromatic nitrogens is 1. The molecule has 0 saturated carbocycles. The van der Waals surface area contributed by atoms with Crippen LogP contribution in [0.2, 0.25) is 0 Å². The molecule has 0 aliphatic carbocycles. The van der Waals surface area contributed by atoms with Crippen LogP contribution in [0.15, 0.2) is 47.5 Å². The van der Waals surface area contributed by atoms with E-state index in [2.05, 4.69) is 10.3 Å². The number of pyridine rings is 1. The van der Waals surface area contributed by atoms with Crippen molar-refractivity contribution < 1.29 is 13.2 Å². The van der Waals surface area contributed by atoms with E-state index < -0.39 is 15.9 Å². The zero-order chi connectivity index (χ0) is 15.5. The van der Waals surface area contributed by atoms with Gasteiger partial charge in [0, 0.05) is 11.9 Å². The van der Waals surface area contributed by atoms with Crippen molar-refractivity contribution in [2.45, 2.75) is 4.90 Å². The Morgan fingerprint density at radius 2 is 1.86 bits per heavy atom. The summed E-state index contributed by atoms with van der Waals surface area (Å²) in [4.78, 5) is 15.7. The fourth-order valence-electron chi connectivity index (χ4n) is 1.53. The first-order chi connectivity index (χ1) is 9.90. The van der Waals surface area contributed by atoms with Crippen molar-refractivity contribution in [3.8, 4) is 6.07 Å². The number of hydrogen-bond donors (Lipinski definition) is 2. The van der Waals surface area contributed by atoms with Crippen LogP contribution in [-0.4, -0.2) is 19.3 Å². The Morgan fingerprint density at radius 3 is 2.33 bits per heavy atom. The molecule has 8 heteroatoms. The van der Waals surface area contributed by atoms with Gasteiger partial charge in [0.25, 0.3) is 5.91 Å². The molecule has 0 radical (unpaired) electrons. The minimum atomic E-state index is -3.76. The smallest absolute Gasteiger partial charge is 0.257 e. The summed E-state index contributed by atoms with van der Waals surface area (Å²) >= 11 is 0. The molecule has 0 aliphatic rings. The van der Waals surface area contributed by atoms with E-state index in [0.717, 1.165) is 0 Å². The molecule has 2 rings (SSSR count). The predicted molar refractivity (Wildman–Crippen MR) is 74.7 cm³/mol. The largest absolute Gasteiger partial charge is 0.322 e. The van der Waals surface area contributed by atoms with Gasteiger partial charge >= 0.3 is 0 Å². The van der Waals surface area contributed by atoms with Gasteiger partial charge in [-0.1, -0.05) is 0 Å². The number of primary sulfonamides is 1. The van der Waals surface area contributed by atoms with E-state index in [1.165, 1.54) is 42.6 Å². The Morgan fingerprint density at radius 1 is 1.19 bits per heavy atom. The highest BCUT2D eigenvalue weighted by Gasteiger charge is 2.09. The Labute approximate surface area is 121 Å². The summed E-state index contributed by atoms with van der Waals surface area (Å²) in [5.41, 5.74) is 0.908. The number of nitrogens with zero attached hydrogens (tertiary/aromatic N) is 2. The standard InChI is InChI=1S/C13H10N4O3S/c14-7-11-2-1-9(8-16-11)13(18)17-10-3-5-12(6-4-10)21(15,19)20/h1-6,8H,(H,17,18)(H2,15,19,20). The van der Waals surface area contributed by atoms with Crippen LogP contribution in [0, 0.1) is 11.3 Å². The van der Waals surface area contributed by atoms with Crippen LogP contribution in [0.25, 0.3) is 0 Å².